The molecule has 2 amide bonds. The van der Waals surface area contributed by atoms with Crippen LogP contribution in [0.3, 0.4) is 0 Å². The second-order valence-corrected chi connectivity index (χ2v) is 6.44. The lowest BCUT2D eigenvalue weighted by Gasteiger charge is -2.08. The number of carbonyl (C=O) groups is 1. The maximum atomic E-state index is 11.6. The first-order chi connectivity index (χ1) is 11.8. The molecule has 0 aromatic heterocycles. The van der Waals surface area contributed by atoms with E-state index >= 15 is 0 Å². The van der Waals surface area contributed by atoms with Gasteiger partial charge in [-0.2, -0.15) is 0 Å². The molecule has 0 radical (unpaired) electrons. The highest BCUT2D eigenvalue weighted by Crippen LogP contribution is 2.14. The number of aryl methyl sites for hydroxylation is 1. The number of rotatable bonds is 13. The lowest BCUT2D eigenvalue weighted by molar-refractivity contribution is 0.252. The summed E-state index contributed by atoms with van der Waals surface area (Å²) >= 11 is 0. The van der Waals surface area contributed by atoms with Crippen molar-refractivity contribution in [2.45, 2.75) is 71.1 Å². The zero-order valence-corrected chi connectivity index (χ0v) is 16.5. The maximum absolute atomic E-state index is 11.6. The fraction of sp³-hybridized carbons (Fsp3) is 0.650. The van der Waals surface area contributed by atoms with Crippen LogP contribution < -0.4 is 16.4 Å². The first-order valence-corrected chi connectivity index (χ1v) is 9.60. The third-order valence-electron chi connectivity index (χ3n) is 4.20. The molecule has 0 aliphatic rings. The molecule has 0 saturated carbocycles. The highest BCUT2D eigenvalue weighted by Gasteiger charge is 2.01. The molecule has 0 atom stereocenters. The summed E-state index contributed by atoms with van der Waals surface area (Å²) in [6.45, 7) is 3.46. The van der Waals surface area contributed by atoms with Gasteiger partial charge in [-0.3, -0.25) is 0 Å². The third kappa shape index (κ3) is 12.7. The molecule has 4 nitrogen and oxygen atoms in total. The Labute approximate surface area is 159 Å². The van der Waals surface area contributed by atoms with E-state index < -0.39 is 0 Å². The number of hydrogen-bond acceptors (Lipinski definition) is 2. The van der Waals surface area contributed by atoms with Crippen LogP contribution in [0, 0.1) is 0 Å². The van der Waals surface area contributed by atoms with E-state index in [0.717, 1.165) is 18.5 Å². The maximum Gasteiger partial charge on any atom is 0.319 e. The van der Waals surface area contributed by atoms with E-state index in [-0.39, 0.29) is 18.4 Å². The molecule has 0 aliphatic heterocycles. The summed E-state index contributed by atoms with van der Waals surface area (Å²) < 4.78 is 0. The van der Waals surface area contributed by atoms with Crippen molar-refractivity contribution in [3.8, 4) is 0 Å². The van der Waals surface area contributed by atoms with Crippen molar-refractivity contribution >= 4 is 24.1 Å². The number of anilines is 1. The first-order valence-electron chi connectivity index (χ1n) is 9.60. The smallest absolute Gasteiger partial charge is 0.319 e. The minimum atomic E-state index is -0.167. The number of amides is 2. The van der Waals surface area contributed by atoms with Gasteiger partial charge < -0.3 is 16.4 Å². The van der Waals surface area contributed by atoms with Crippen molar-refractivity contribution in [1.82, 2.24) is 5.32 Å². The molecule has 1 rings (SSSR count). The van der Waals surface area contributed by atoms with E-state index in [1.54, 1.807) is 0 Å². The number of benzene rings is 1. The molecule has 4 N–H and O–H groups in total. The van der Waals surface area contributed by atoms with Gasteiger partial charge in [0.2, 0.25) is 0 Å². The third-order valence-corrected chi connectivity index (χ3v) is 4.20. The highest BCUT2D eigenvalue weighted by molar-refractivity contribution is 5.89. The Balaban J connectivity index is 0.00000576. The Kier molecular flexibility index (Phi) is 15.4. The molecule has 144 valence electrons. The van der Waals surface area contributed by atoms with Crippen molar-refractivity contribution in [2.24, 2.45) is 5.73 Å². The lowest BCUT2D eigenvalue weighted by Crippen LogP contribution is -2.30. The quantitative estimate of drug-likeness (QED) is 0.415. The van der Waals surface area contributed by atoms with Crippen LogP contribution in [-0.4, -0.2) is 19.1 Å². The second-order valence-electron chi connectivity index (χ2n) is 6.44. The predicted octanol–water partition coefficient (Wildman–Crippen LogP) is 5.26. The van der Waals surface area contributed by atoms with Crippen LogP contribution in [0.1, 0.15) is 70.3 Å². The van der Waals surface area contributed by atoms with Crippen LogP contribution in [-0.2, 0) is 6.42 Å². The molecule has 0 unspecified atom stereocenters. The molecular formula is C20H36ClN3O. The molecule has 0 heterocycles. The van der Waals surface area contributed by atoms with Crippen LogP contribution >= 0.6 is 12.4 Å². The van der Waals surface area contributed by atoms with Gasteiger partial charge in [-0.25, -0.2) is 4.79 Å². The zero-order chi connectivity index (χ0) is 17.5. The Bertz CT molecular complexity index is 437. The largest absolute Gasteiger partial charge is 0.338 e. The van der Waals surface area contributed by atoms with E-state index in [2.05, 4.69) is 29.7 Å². The molecule has 0 spiro atoms. The number of nitrogens with two attached hydrogens (primary N) is 1. The van der Waals surface area contributed by atoms with Crippen molar-refractivity contribution in [3.63, 3.8) is 0 Å². The second kappa shape index (κ2) is 16.2. The van der Waals surface area contributed by atoms with Crippen molar-refractivity contribution in [3.05, 3.63) is 29.8 Å². The summed E-state index contributed by atoms with van der Waals surface area (Å²) in [5.74, 6) is 0. The van der Waals surface area contributed by atoms with Gasteiger partial charge in [0.25, 0.3) is 0 Å². The number of halogens is 1. The van der Waals surface area contributed by atoms with Gasteiger partial charge in [0.15, 0.2) is 0 Å². The number of nitrogens with one attached hydrogen (secondary N) is 2. The predicted molar refractivity (Wildman–Crippen MR) is 111 cm³/mol. The number of urea groups is 1. The molecule has 5 heteroatoms. The molecule has 1 aromatic carbocycles. The molecule has 1 aromatic rings. The van der Waals surface area contributed by atoms with Gasteiger partial charge in [0.05, 0.1) is 0 Å². The van der Waals surface area contributed by atoms with Crippen molar-refractivity contribution < 1.29 is 4.79 Å². The Morgan fingerprint density at radius 1 is 0.920 bits per heavy atom. The van der Waals surface area contributed by atoms with E-state index in [4.69, 9.17) is 5.73 Å². The van der Waals surface area contributed by atoms with E-state index in [1.807, 2.05) is 12.1 Å². The average Bonchev–Trinajstić information content (AvgIpc) is 2.59. The minimum Gasteiger partial charge on any atom is -0.338 e. The monoisotopic (exact) mass is 369 g/mol. The average molecular weight is 370 g/mol. The molecular weight excluding hydrogens is 334 g/mol. The van der Waals surface area contributed by atoms with Gasteiger partial charge in [0.1, 0.15) is 0 Å². The normalized spacial score (nSPS) is 10.2. The molecule has 25 heavy (non-hydrogen) atoms. The van der Waals surface area contributed by atoms with Gasteiger partial charge in [-0.05, 0) is 43.5 Å². The zero-order valence-electron chi connectivity index (χ0n) is 15.7. The van der Waals surface area contributed by atoms with Crippen LogP contribution in [0.2, 0.25) is 0 Å². The van der Waals surface area contributed by atoms with E-state index in [0.29, 0.717) is 13.1 Å². The molecule has 0 fully saturated rings. The van der Waals surface area contributed by atoms with Crippen molar-refractivity contribution in [1.29, 1.82) is 0 Å². The Morgan fingerprint density at radius 3 is 2.12 bits per heavy atom. The summed E-state index contributed by atoms with van der Waals surface area (Å²) in [6.07, 6.45) is 12.7. The minimum absolute atomic E-state index is 0. The molecule has 0 aliphatic carbocycles. The SMILES string of the molecule is CCCCCCCCCCc1ccc(NC(=O)NCCCN)cc1.Cl. The Morgan fingerprint density at radius 2 is 1.52 bits per heavy atom. The van der Waals surface area contributed by atoms with Gasteiger partial charge in [-0.15, -0.1) is 12.4 Å². The number of carbonyl (C=O) groups excluding carboxylic acids is 1. The van der Waals surface area contributed by atoms with Crippen LogP contribution in [0.5, 0.6) is 0 Å². The van der Waals surface area contributed by atoms with Crippen LogP contribution in [0.15, 0.2) is 24.3 Å². The standard InChI is InChI=1S/C20H35N3O.ClH/c1-2-3-4-5-6-7-8-9-11-18-12-14-19(15-13-18)23-20(24)22-17-10-16-21;/h12-15H,2-11,16-17,21H2,1H3,(H2,22,23,24);1H. The lowest BCUT2D eigenvalue weighted by atomic mass is 10.0. The topological polar surface area (TPSA) is 67.2 Å². The van der Waals surface area contributed by atoms with E-state index in [9.17, 15) is 4.79 Å². The number of unbranched alkanes of at least 4 members (excludes halogenated alkanes) is 7. The first kappa shape index (κ1) is 23.7. The summed E-state index contributed by atoms with van der Waals surface area (Å²) in [7, 11) is 0. The summed E-state index contributed by atoms with van der Waals surface area (Å²) in [5.41, 5.74) is 7.57. The highest BCUT2D eigenvalue weighted by atomic mass is 35.5. The summed E-state index contributed by atoms with van der Waals surface area (Å²) in [4.78, 5) is 11.6. The number of hydrogen-bond donors (Lipinski definition) is 3. The summed E-state index contributed by atoms with van der Waals surface area (Å²) in [6, 6.07) is 8.00. The Hall–Kier alpha value is -1.26. The van der Waals surface area contributed by atoms with Crippen LogP contribution in [0.25, 0.3) is 0 Å². The summed E-state index contributed by atoms with van der Waals surface area (Å²) in [5, 5.41) is 5.62. The van der Waals surface area contributed by atoms with Gasteiger partial charge >= 0.3 is 6.03 Å². The molecule has 0 saturated heterocycles. The van der Waals surface area contributed by atoms with E-state index in [1.165, 1.54) is 56.9 Å². The molecule has 0 bridgehead atoms. The van der Waals surface area contributed by atoms with Gasteiger partial charge in [0, 0.05) is 12.2 Å². The van der Waals surface area contributed by atoms with Crippen LogP contribution in [0.4, 0.5) is 10.5 Å². The fourth-order valence-corrected chi connectivity index (χ4v) is 2.70. The fourth-order valence-electron chi connectivity index (χ4n) is 2.70. The van der Waals surface area contributed by atoms with Gasteiger partial charge in [-0.1, -0.05) is 64.0 Å². The van der Waals surface area contributed by atoms with Crippen molar-refractivity contribution in [2.75, 3.05) is 18.4 Å².